The summed E-state index contributed by atoms with van der Waals surface area (Å²) < 4.78 is 0. The van der Waals surface area contributed by atoms with Crippen LogP contribution in [0.1, 0.15) is 48.7 Å². The lowest BCUT2D eigenvalue weighted by Crippen LogP contribution is -2.36. The van der Waals surface area contributed by atoms with E-state index in [1.54, 1.807) is 12.1 Å². The van der Waals surface area contributed by atoms with Crippen molar-refractivity contribution in [2.24, 2.45) is 5.92 Å². The number of carboxylic acids is 1. The Morgan fingerprint density at radius 3 is 2.61 bits per heavy atom. The van der Waals surface area contributed by atoms with Gasteiger partial charge in [0.2, 0.25) is 0 Å². The highest BCUT2D eigenvalue weighted by Gasteiger charge is 2.26. The van der Waals surface area contributed by atoms with Crippen LogP contribution in [0.25, 0.3) is 0 Å². The van der Waals surface area contributed by atoms with Crippen LogP contribution in [0.4, 0.5) is 0 Å². The highest BCUT2D eigenvalue weighted by Crippen LogP contribution is 2.33. The molecule has 0 saturated carbocycles. The molecule has 2 atom stereocenters. The average molecular weight is 247 g/mol. The third kappa shape index (κ3) is 2.72. The van der Waals surface area contributed by atoms with Gasteiger partial charge in [0.25, 0.3) is 0 Å². The molecule has 0 radical (unpaired) electrons. The van der Waals surface area contributed by atoms with Gasteiger partial charge in [-0.05, 0) is 49.5 Å². The fourth-order valence-electron chi connectivity index (χ4n) is 2.76. The number of carboxylic acid groups (broad SMARTS) is 1. The van der Waals surface area contributed by atoms with Crippen molar-refractivity contribution < 1.29 is 9.90 Å². The molecule has 0 aromatic heterocycles. The molecule has 1 heterocycles. The first-order valence-electron chi connectivity index (χ1n) is 6.69. The minimum absolute atomic E-state index is 0.366. The first-order valence-corrected chi connectivity index (χ1v) is 6.69. The third-order valence-corrected chi connectivity index (χ3v) is 3.92. The molecule has 0 aliphatic carbocycles. The average Bonchev–Trinajstić information content (AvgIpc) is 2.39. The van der Waals surface area contributed by atoms with Crippen LogP contribution < -0.4 is 0 Å². The number of aromatic carboxylic acids is 1. The van der Waals surface area contributed by atoms with E-state index in [0.29, 0.717) is 11.6 Å². The number of hydrogen-bond donors (Lipinski definition) is 1. The quantitative estimate of drug-likeness (QED) is 0.891. The smallest absolute Gasteiger partial charge is 0.335 e. The van der Waals surface area contributed by atoms with Crippen molar-refractivity contribution in [3.63, 3.8) is 0 Å². The molecular formula is C15H21NO2. The summed E-state index contributed by atoms with van der Waals surface area (Å²) >= 11 is 0. The molecule has 1 unspecified atom stereocenters. The molecule has 0 amide bonds. The SMILES string of the molecule is CCN1CCC(C)C[C@H]1c1ccc(C(=O)O)cc1. The lowest BCUT2D eigenvalue weighted by Gasteiger charge is -2.38. The van der Waals surface area contributed by atoms with Gasteiger partial charge in [0.1, 0.15) is 0 Å². The van der Waals surface area contributed by atoms with Crippen LogP contribution in [0.2, 0.25) is 0 Å². The summed E-state index contributed by atoms with van der Waals surface area (Å²) in [4.78, 5) is 13.3. The summed E-state index contributed by atoms with van der Waals surface area (Å²) in [7, 11) is 0. The van der Waals surface area contributed by atoms with Crippen molar-refractivity contribution in [3.8, 4) is 0 Å². The highest BCUT2D eigenvalue weighted by atomic mass is 16.4. The molecule has 18 heavy (non-hydrogen) atoms. The lowest BCUT2D eigenvalue weighted by molar-refractivity contribution is 0.0696. The van der Waals surface area contributed by atoms with Crippen molar-refractivity contribution in [2.75, 3.05) is 13.1 Å². The largest absolute Gasteiger partial charge is 0.478 e. The van der Waals surface area contributed by atoms with Gasteiger partial charge in [-0.25, -0.2) is 4.79 Å². The number of carbonyl (C=O) groups is 1. The molecule has 98 valence electrons. The molecule has 1 aromatic carbocycles. The van der Waals surface area contributed by atoms with Gasteiger partial charge in [-0.1, -0.05) is 26.0 Å². The van der Waals surface area contributed by atoms with Crippen LogP contribution in [-0.4, -0.2) is 29.1 Å². The number of benzene rings is 1. The predicted octanol–water partition coefficient (Wildman–Crippen LogP) is 3.18. The molecule has 0 spiro atoms. The van der Waals surface area contributed by atoms with Gasteiger partial charge in [-0.15, -0.1) is 0 Å². The number of hydrogen-bond acceptors (Lipinski definition) is 2. The molecule has 3 nitrogen and oxygen atoms in total. The first kappa shape index (κ1) is 13.1. The number of rotatable bonds is 3. The van der Waals surface area contributed by atoms with Crippen LogP contribution in [0.3, 0.4) is 0 Å². The fraction of sp³-hybridized carbons (Fsp3) is 0.533. The Kier molecular flexibility index (Phi) is 4.02. The Morgan fingerprint density at radius 2 is 2.06 bits per heavy atom. The van der Waals surface area contributed by atoms with E-state index in [2.05, 4.69) is 18.7 Å². The van der Waals surface area contributed by atoms with Gasteiger partial charge < -0.3 is 5.11 Å². The van der Waals surface area contributed by atoms with Gasteiger partial charge in [-0.2, -0.15) is 0 Å². The van der Waals surface area contributed by atoms with Gasteiger partial charge in [-0.3, -0.25) is 4.90 Å². The Bertz CT molecular complexity index is 413. The van der Waals surface area contributed by atoms with E-state index in [9.17, 15) is 4.79 Å². The van der Waals surface area contributed by atoms with Crippen LogP contribution in [0, 0.1) is 5.92 Å². The Labute approximate surface area is 108 Å². The van der Waals surface area contributed by atoms with E-state index >= 15 is 0 Å². The highest BCUT2D eigenvalue weighted by molar-refractivity contribution is 5.87. The molecule has 0 bridgehead atoms. The van der Waals surface area contributed by atoms with E-state index in [-0.39, 0.29) is 0 Å². The van der Waals surface area contributed by atoms with E-state index < -0.39 is 5.97 Å². The second-order valence-electron chi connectivity index (χ2n) is 5.20. The summed E-state index contributed by atoms with van der Waals surface area (Å²) in [6.45, 7) is 6.68. The van der Waals surface area contributed by atoms with Gasteiger partial charge in [0.05, 0.1) is 5.56 Å². The minimum atomic E-state index is -0.856. The molecule has 1 N–H and O–H groups in total. The molecular weight excluding hydrogens is 226 g/mol. The molecule has 1 aliphatic rings. The summed E-state index contributed by atoms with van der Waals surface area (Å²) in [5.74, 6) is -0.108. The number of nitrogens with zero attached hydrogens (tertiary/aromatic N) is 1. The zero-order valence-corrected chi connectivity index (χ0v) is 11.1. The third-order valence-electron chi connectivity index (χ3n) is 3.92. The second kappa shape index (κ2) is 5.53. The molecule has 2 rings (SSSR count). The van der Waals surface area contributed by atoms with Gasteiger partial charge >= 0.3 is 5.97 Å². The maximum Gasteiger partial charge on any atom is 0.335 e. The summed E-state index contributed by atoms with van der Waals surface area (Å²) in [5, 5.41) is 8.92. The Hall–Kier alpha value is -1.35. The van der Waals surface area contributed by atoms with Crippen LogP contribution in [0.5, 0.6) is 0 Å². The molecule has 1 fully saturated rings. The second-order valence-corrected chi connectivity index (χ2v) is 5.20. The Balaban J connectivity index is 2.20. The van der Waals surface area contributed by atoms with E-state index in [1.165, 1.54) is 18.4 Å². The maximum absolute atomic E-state index is 10.9. The zero-order valence-electron chi connectivity index (χ0n) is 11.1. The molecule has 1 aromatic rings. The van der Waals surface area contributed by atoms with Crippen LogP contribution in [0.15, 0.2) is 24.3 Å². The monoisotopic (exact) mass is 247 g/mol. The summed E-state index contributed by atoms with van der Waals surface area (Å²) in [6, 6.07) is 7.81. The molecule has 3 heteroatoms. The van der Waals surface area contributed by atoms with Crippen molar-refractivity contribution >= 4 is 5.97 Å². The minimum Gasteiger partial charge on any atom is -0.478 e. The standard InChI is InChI=1S/C15H21NO2/c1-3-16-9-8-11(2)10-14(16)12-4-6-13(7-5-12)15(17)18/h4-7,11,14H,3,8-10H2,1-2H3,(H,17,18)/t11?,14-/m0/s1. The maximum atomic E-state index is 10.9. The van der Waals surface area contributed by atoms with Gasteiger partial charge in [0.15, 0.2) is 0 Å². The fourth-order valence-corrected chi connectivity index (χ4v) is 2.76. The predicted molar refractivity (Wildman–Crippen MR) is 71.8 cm³/mol. The van der Waals surface area contributed by atoms with E-state index in [0.717, 1.165) is 19.0 Å². The first-order chi connectivity index (χ1) is 8.61. The summed E-state index contributed by atoms with van der Waals surface area (Å²) in [5.41, 5.74) is 1.61. The van der Waals surface area contributed by atoms with Crippen molar-refractivity contribution in [1.29, 1.82) is 0 Å². The molecule has 1 aliphatic heterocycles. The topological polar surface area (TPSA) is 40.5 Å². The van der Waals surface area contributed by atoms with E-state index in [4.69, 9.17) is 5.11 Å². The lowest BCUT2D eigenvalue weighted by atomic mass is 9.88. The normalized spacial score (nSPS) is 25.0. The Morgan fingerprint density at radius 1 is 1.39 bits per heavy atom. The molecule has 1 saturated heterocycles. The van der Waals surface area contributed by atoms with Gasteiger partial charge in [0, 0.05) is 6.04 Å². The van der Waals surface area contributed by atoms with Crippen LogP contribution >= 0.6 is 0 Å². The zero-order chi connectivity index (χ0) is 13.1. The van der Waals surface area contributed by atoms with Crippen molar-refractivity contribution in [1.82, 2.24) is 4.90 Å². The van der Waals surface area contributed by atoms with Crippen molar-refractivity contribution in [3.05, 3.63) is 35.4 Å². The van der Waals surface area contributed by atoms with E-state index in [1.807, 2.05) is 12.1 Å². The number of piperidine rings is 1. The summed E-state index contributed by atoms with van der Waals surface area (Å²) in [6.07, 6.45) is 2.43. The van der Waals surface area contributed by atoms with Crippen LogP contribution in [-0.2, 0) is 0 Å². The number of likely N-dealkylation sites (tertiary alicyclic amines) is 1. The van der Waals surface area contributed by atoms with Crippen molar-refractivity contribution in [2.45, 2.75) is 32.7 Å².